The van der Waals surface area contributed by atoms with E-state index in [2.05, 4.69) is 33.0 Å². The Hall–Kier alpha value is -0.570. The minimum atomic E-state index is -0.305. The molecule has 0 aliphatic carbocycles. The number of ether oxygens (including phenoxy) is 1. The average Bonchev–Trinajstić information content (AvgIpc) is 2.34. The van der Waals surface area contributed by atoms with E-state index >= 15 is 0 Å². The van der Waals surface area contributed by atoms with Gasteiger partial charge in [0.15, 0.2) is 0 Å². The second-order valence-corrected chi connectivity index (χ2v) is 6.77. The van der Waals surface area contributed by atoms with E-state index < -0.39 is 0 Å². The van der Waals surface area contributed by atoms with Crippen molar-refractivity contribution in [2.45, 2.75) is 53.4 Å². The highest BCUT2D eigenvalue weighted by Crippen LogP contribution is 2.42. The molecule has 0 aromatic rings. The highest BCUT2D eigenvalue weighted by Gasteiger charge is 2.45. The van der Waals surface area contributed by atoms with E-state index in [-0.39, 0.29) is 18.2 Å². The molecular formula is C15H31NO2. The highest BCUT2D eigenvalue weighted by molar-refractivity contribution is 5.77. The van der Waals surface area contributed by atoms with Gasteiger partial charge in [0.25, 0.3) is 0 Å². The van der Waals surface area contributed by atoms with Crippen LogP contribution in [0.25, 0.3) is 0 Å². The number of piperidine rings is 1. The van der Waals surface area contributed by atoms with Crippen molar-refractivity contribution in [1.82, 2.24) is 5.32 Å². The van der Waals surface area contributed by atoms with Gasteiger partial charge in [0, 0.05) is 7.97 Å². The first-order chi connectivity index (χ1) is 8.35. The summed E-state index contributed by atoms with van der Waals surface area (Å²) in [6.07, 6.45) is 4.11. The Morgan fingerprint density at radius 1 is 1.50 bits per heavy atom. The lowest BCUT2D eigenvalue weighted by atomic mass is 9.66. The Labute approximate surface area is 113 Å². The van der Waals surface area contributed by atoms with Crippen LogP contribution in [-0.4, -0.2) is 26.2 Å². The van der Waals surface area contributed by atoms with Crippen molar-refractivity contribution in [3.05, 3.63) is 0 Å². The molecule has 0 radical (unpaired) electrons. The summed E-state index contributed by atoms with van der Waals surface area (Å²) >= 11 is 0. The number of carbonyl (C=O) groups is 1. The normalized spacial score (nSPS) is 29.1. The summed E-state index contributed by atoms with van der Waals surface area (Å²) in [4.78, 5) is 12.2. The third kappa shape index (κ3) is 3.47. The second-order valence-electron chi connectivity index (χ2n) is 6.77. The SMILES string of the molecule is CCCC[C@]1(C(=O)OC)CNC[C@H](C(C)(C)C)C1.[HH]. The van der Waals surface area contributed by atoms with E-state index in [4.69, 9.17) is 4.74 Å². The Kier molecular flexibility index (Phi) is 5.20. The molecule has 0 amide bonds. The van der Waals surface area contributed by atoms with Gasteiger partial charge in [-0.2, -0.15) is 0 Å². The molecule has 0 bridgehead atoms. The van der Waals surface area contributed by atoms with E-state index in [1.165, 1.54) is 7.11 Å². The Bertz CT molecular complexity index is 288. The minimum Gasteiger partial charge on any atom is -0.469 e. The van der Waals surface area contributed by atoms with Crippen LogP contribution in [0.1, 0.15) is 54.8 Å². The fourth-order valence-electron chi connectivity index (χ4n) is 2.89. The van der Waals surface area contributed by atoms with Gasteiger partial charge >= 0.3 is 5.97 Å². The van der Waals surface area contributed by atoms with Crippen LogP contribution >= 0.6 is 0 Å². The van der Waals surface area contributed by atoms with E-state index in [0.29, 0.717) is 5.92 Å². The van der Waals surface area contributed by atoms with Crippen molar-refractivity contribution in [2.24, 2.45) is 16.7 Å². The van der Waals surface area contributed by atoms with Crippen LogP contribution in [0.15, 0.2) is 0 Å². The molecule has 1 fully saturated rings. The van der Waals surface area contributed by atoms with Gasteiger partial charge in [-0.05, 0) is 30.7 Å². The van der Waals surface area contributed by atoms with E-state index in [1.54, 1.807) is 0 Å². The standard InChI is InChI=1S/C15H29NO2.H2/c1-6-7-8-15(13(17)18-5)9-12(10-16-11-15)14(2,3)4;/h12,16H,6-11H2,1-5H3;1H/t12-,15-;/m1./s1. The van der Waals surface area contributed by atoms with E-state index in [0.717, 1.165) is 38.8 Å². The number of methoxy groups -OCH3 is 1. The van der Waals surface area contributed by atoms with Gasteiger partial charge in [-0.1, -0.05) is 40.5 Å². The van der Waals surface area contributed by atoms with Gasteiger partial charge < -0.3 is 10.1 Å². The molecule has 0 spiro atoms. The predicted molar refractivity (Wildman–Crippen MR) is 76.5 cm³/mol. The molecule has 18 heavy (non-hydrogen) atoms. The maximum absolute atomic E-state index is 12.2. The molecule has 1 N–H and O–H groups in total. The van der Waals surface area contributed by atoms with Crippen LogP contribution in [0.3, 0.4) is 0 Å². The van der Waals surface area contributed by atoms with Crippen LogP contribution in [0.5, 0.6) is 0 Å². The fourth-order valence-corrected chi connectivity index (χ4v) is 2.89. The van der Waals surface area contributed by atoms with Crippen LogP contribution in [0.4, 0.5) is 0 Å². The lowest BCUT2D eigenvalue weighted by molar-refractivity contribution is -0.156. The summed E-state index contributed by atoms with van der Waals surface area (Å²) in [5, 5.41) is 3.46. The van der Waals surface area contributed by atoms with Gasteiger partial charge in [0.1, 0.15) is 0 Å². The van der Waals surface area contributed by atoms with Crippen molar-refractivity contribution >= 4 is 5.97 Å². The van der Waals surface area contributed by atoms with Crippen molar-refractivity contribution in [3.63, 3.8) is 0 Å². The van der Waals surface area contributed by atoms with Gasteiger partial charge in [0.2, 0.25) is 0 Å². The summed E-state index contributed by atoms with van der Waals surface area (Å²) in [6, 6.07) is 0. The number of nitrogens with one attached hydrogen (secondary N) is 1. The number of carbonyl (C=O) groups excluding carboxylic acids is 1. The maximum atomic E-state index is 12.2. The smallest absolute Gasteiger partial charge is 0.313 e. The lowest BCUT2D eigenvalue weighted by Gasteiger charge is -2.44. The molecule has 3 nitrogen and oxygen atoms in total. The number of esters is 1. The van der Waals surface area contributed by atoms with Gasteiger partial charge in [-0.15, -0.1) is 0 Å². The molecule has 1 heterocycles. The summed E-state index contributed by atoms with van der Waals surface area (Å²) in [5.74, 6) is 0.500. The van der Waals surface area contributed by atoms with E-state index in [1.807, 2.05) is 0 Å². The third-order valence-electron chi connectivity index (χ3n) is 4.34. The molecule has 0 aromatic carbocycles. The van der Waals surface area contributed by atoms with Gasteiger partial charge in [-0.3, -0.25) is 4.79 Å². The number of hydrogen-bond acceptors (Lipinski definition) is 3. The Morgan fingerprint density at radius 3 is 2.67 bits per heavy atom. The number of hydrogen-bond donors (Lipinski definition) is 1. The first-order valence-electron chi connectivity index (χ1n) is 7.15. The first kappa shape index (κ1) is 15.5. The second kappa shape index (κ2) is 6.05. The average molecular weight is 257 g/mol. The largest absolute Gasteiger partial charge is 0.469 e. The molecule has 0 saturated carbocycles. The zero-order valence-electron chi connectivity index (χ0n) is 12.6. The molecule has 0 aromatic heterocycles. The molecule has 1 aliphatic heterocycles. The van der Waals surface area contributed by atoms with Gasteiger partial charge in [-0.25, -0.2) is 0 Å². The molecule has 3 heteroatoms. The van der Waals surface area contributed by atoms with Crippen LogP contribution in [-0.2, 0) is 9.53 Å². The number of unbranched alkanes of at least 4 members (excludes halogenated alkanes) is 1. The summed E-state index contributed by atoms with van der Waals surface area (Å²) in [6.45, 7) is 10.7. The lowest BCUT2D eigenvalue weighted by Crippen LogP contribution is -2.52. The molecule has 1 rings (SSSR count). The molecule has 2 atom stereocenters. The predicted octanol–water partition coefficient (Wildman–Crippen LogP) is 3.24. The van der Waals surface area contributed by atoms with Crippen LogP contribution in [0, 0.1) is 16.7 Å². The van der Waals surface area contributed by atoms with Crippen LogP contribution < -0.4 is 5.32 Å². The third-order valence-corrected chi connectivity index (χ3v) is 4.34. The summed E-state index contributed by atoms with van der Waals surface area (Å²) in [7, 11) is 1.51. The maximum Gasteiger partial charge on any atom is 0.313 e. The van der Waals surface area contributed by atoms with Crippen LogP contribution in [0.2, 0.25) is 0 Å². The van der Waals surface area contributed by atoms with Crippen molar-refractivity contribution < 1.29 is 11.0 Å². The molecule has 108 valence electrons. The quantitative estimate of drug-likeness (QED) is 0.786. The first-order valence-corrected chi connectivity index (χ1v) is 7.15. The monoisotopic (exact) mass is 257 g/mol. The Morgan fingerprint density at radius 2 is 2.17 bits per heavy atom. The molecule has 1 saturated heterocycles. The fraction of sp³-hybridized carbons (Fsp3) is 0.933. The zero-order valence-corrected chi connectivity index (χ0v) is 12.6. The van der Waals surface area contributed by atoms with Crippen molar-refractivity contribution in [2.75, 3.05) is 20.2 Å². The molecule has 0 unspecified atom stereocenters. The molecular weight excluding hydrogens is 226 g/mol. The number of rotatable bonds is 4. The minimum absolute atomic E-state index is 0. The molecule has 1 aliphatic rings. The Balaban J connectivity index is 0.00000324. The zero-order chi connectivity index (χ0) is 13.8. The summed E-state index contributed by atoms with van der Waals surface area (Å²) < 4.78 is 5.07. The summed E-state index contributed by atoms with van der Waals surface area (Å²) in [5.41, 5.74) is -0.0696. The van der Waals surface area contributed by atoms with E-state index in [9.17, 15) is 4.79 Å². The van der Waals surface area contributed by atoms with Crippen molar-refractivity contribution in [1.29, 1.82) is 0 Å². The van der Waals surface area contributed by atoms with Gasteiger partial charge in [0.05, 0.1) is 12.5 Å². The van der Waals surface area contributed by atoms with Crippen molar-refractivity contribution in [3.8, 4) is 0 Å². The topological polar surface area (TPSA) is 38.3 Å². The highest BCUT2D eigenvalue weighted by atomic mass is 16.5.